The molecular weight excluding hydrogens is 1520 g/mol. The minimum Gasteiger partial charge on any atom is -2.00 e. The van der Waals surface area contributed by atoms with Crippen molar-refractivity contribution in [3.05, 3.63) is 201 Å². The van der Waals surface area contributed by atoms with E-state index in [4.69, 9.17) is 153 Å². The maximum atomic E-state index is 13.2. The first-order valence-electron chi connectivity index (χ1n) is 23.7. The Balaban J connectivity index is -0.000000484. The second-order valence-corrected chi connectivity index (χ2v) is 23.4. The van der Waals surface area contributed by atoms with Crippen LogP contribution in [0.25, 0.3) is 0 Å². The van der Waals surface area contributed by atoms with Crippen LogP contribution in [-0.2, 0) is 83.4 Å². The van der Waals surface area contributed by atoms with E-state index in [0.717, 1.165) is 42.7 Å². The summed E-state index contributed by atoms with van der Waals surface area (Å²) in [5.74, 6) is -5.00. The van der Waals surface area contributed by atoms with Crippen LogP contribution in [0.4, 0.5) is 26.3 Å². The first-order valence-corrected chi connectivity index (χ1v) is 30.0. The molecule has 500 valence electrons. The van der Waals surface area contributed by atoms with Gasteiger partial charge in [0.15, 0.2) is 0 Å². The Hall–Kier alpha value is -2.33. The van der Waals surface area contributed by atoms with Crippen molar-refractivity contribution in [2.45, 2.75) is 106 Å². The molecule has 33 heteroatoms. The Morgan fingerprint density at radius 3 is 0.674 bits per heavy atom. The van der Waals surface area contributed by atoms with Crippen LogP contribution in [-0.4, -0.2) is 42.8 Å². The van der Waals surface area contributed by atoms with Gasteiger partial charge in [0.1, 0.15) is 59.3 Å². The molecule has 6 rings (SSSR count). The van der Waals surface area contributed by atoms with Gasteiger partial charge in [0.25, 0.3) is 10.1 Å². The second kappa shape index (κ2) is 43.6. The summed E-state index contributed by atoms with van der Waals surface area (Å²) in [6, 6.07) is 15.1. The molecule has 6 atom stereocenters. The molecule has 6 aromatic carbocycles. The summed E-state index contributed by atoms with van der Waals surface area (Å²) in [5, 5.41) is 19.1. The number of halogens is 18. The van der Waals surface area contributed by atoms with Gasteiger partial charge < -0.3 is 64.9 Å². The summed E-state index contributed by atoms with van der Waals surface area (Å²) in [6.45, 7) is 12.9. The maximum Gasteiger partial charge on any atom is 0.303 e. The van der Waals surface area contributed by atoms with Crippen molar-refractivity contribution >= 4 is 208 Å². The van der Waals surface area contributed by atoms with Gasteiger partial charge in [-0.15, -0.1) is 0 Å². The first-order chi connectivity index (χ1) is 39.1. The lowest BCUT2D eigenvalue weighted by Gasteiger charge is -2.15. The van der Waals surface area contributed by atoms with Gasteiger partial charge >= 0.3 is 17.9 Å². The zero-order valence-corrected chi connectivity index (χ0v) is 59.4. The standard InChI is InChI=1S/3C10H9Cl2FO2.C9H9Cl2FO3S.2C8H7Cl2FO.CH4.H2S.2S/c3*1-5(15-6(2)14)9-7(11)3-4-8(13)10(9)12;1-5(15-16(2,13)14)8-6(10)3-4-7(12)9(8)11;2*1-4(12)7-5(9)2-3-6(11)8(7)10;;;;/h3*3-5H,1-2H3;3-5H,1-2H3;2*2-4,12H,1H3;1H4;1H2;;/q;;;;;;;;2*-2/p-1/t2*5-;;5-;2*4-;;;;/m00.110..../s1. The fraction of sp³-hybridized carbons (Fsp3) is 0.304. The van der Waals surface area contributed by atoms with E-state index >= 15 is 0 Å². The number of hydrogen-bond donors (Lipinski definition) is 2. The van der Waals surface area contributed by atoms with Gasteiger partial charge in [-0.2, -0.15) is 8.42 Å². The molecule has 0 bridgehead atoms. The van der Waals surface area contributed by atoms with E-state index in [1.165, 1.54) is 77.9 Å². The molecule has 0 aliphatic carbocycles. The van der Waals surface area contributed by atoms with Crippen molar-refractivity contribution in [1.82, 2.24) is 0 Å². The van der Waals surface area contributed by atoms with Crippen LogP contribution < -0.4 is 0 Å². The van der Waals surface area contributed by atoms with Gasteiger partial charge in [-0.25, -0.2) is 26.3 Å². The monoisotopic (exact) mass is 1560 g/mol. The highest BCUT2D eigenvalue weighted by atomic mass is 35.5. The van der Waals surface area contributed by atoms with E-state index in [0.29, 0.717) is 0 Å². The number of rotatable bonds is 11. The van der Waals surface area contributed by atoms with Gasteiger partial charge in [0.2, 0.25) is 0 Å². The number of carbonyl (C=O) groups is 3. The number of carbonyl (C=O) groups excluding carboxylic acids is 3. The average molecular weight is 1570 g/mol. The molecule has 0 fully saturated rings. The van der Waals surface area contributed by atoms with Gasteiger partial charge in [-0.05, 0) is 114 Å². The molecule has 0 aromatic heterocycles. The fourth-order valence-corrected chi connectivity index (χ4v) is 11.5. The van der Waals surface area contributed by atoms with Gasteiger partial charge in [-0.3, -0.25) is 18.6 Å². The number of esters is 3. The molecule has 0 amide bonds. The number of ether oxygens (including phenoxy) is 3. The molecule has 0 saturated carbocycles. The average Bonchev–Trinajstić information content (AvgIpc) is 2.11. The van der Waals surface area contributed by atoms with E-state index in [2.05, 4.69) is 4.18 Å². The molecular formula is C56H55Cl12F6O11S4-5. The number of aliphatic hydroxyl groups excluding tert-OH is 2. The SMILES string of the molecule is C.CC(=O)OC(C)c1c(Cl)ccc(F)c1Cl.CC(=O)O[C@@H](C)c1c(Cl)ccc(F)c1Cl.CC(=O)O[C@@H](C)c1c(Cl)ccc(F)c1Cl.C[C@@H](O)c1c(Cl)ccc(F)c1Cl.C[C@@H](OS(C)(=O)=O)c1c(Cl)ccc(F)c1Cl.C[C@H](O)c1c(Cl)ccc(F)c1Cl.[S-2].[S-2].[SH-]. The van der Waals surface area contributed by atoms with E-state index in [-0.39, 0.29) is 142 Å². The molecule has 0 aliphatic rings. The lowest BCUT2D eigenvalue weighted by molar-refractivity contribution is -0.146. The van der Waals surface area contributed by atoms with E-state index in [9.17, 15) is 59.4 Å². The third-order valence-electron chi connectivity index (χ3n) is 10.3. The van der Waals surface area contributed by atoms with Crippen LogP contribution in [0.3, 0.4) is 0 Å². The molecule has 0 heterocycles. The highest BCUT2D eigenvalue weighted by Gasteiger charge is 2.24. The largest absolute Gasteiger partial charge is 2.00 e. The molecule has 0 radical (unpaired) electrons. The molecule has 2 N–H and O–H groups in total. The fourth-order valence-electron chi connectivity index (χ4n) is 6.75. The van der Waals surface area contributed by atoms with Crippen LogP contribution in [0.15, 0.2) is 72.8 Å². The van der Waals surface area contributed by atoms with Crippen LogP contribution in [0.1, 0.15) is 140 Å². The van der Waals surface area contributed by atoms with Crippen molar-refractivity contribution in [1.29, 1.82) is 0 Å². The quantitative estimate of drug-likeness (QED) is 0.0240. The molecule has 0 saturated heterocycles. The van der Waals surface area contributed by atoms with Gasteiger partial charge in [0, 0.05) is 84.3 Å². The lowest BCUT2D eigenvalue weighted by Crippen LogP contribution is -2.09. The Kier molecular flexibility index (Phi) is 45.6. The third-order valence-corrected chi connectivity index (χ3v) is 15.2. The maximum absolute atomic E-state index is 13.2. The van der Waals surface area contributed by atoms with Crippen LogP contribution in [0, 0.1) is 34.9 Å². The topological polar surface area (TPSA) is 163 Å². The Labute approximate surface area is 594 Å². The summed E-state index contributed by atoms with van der Waals surface area (Å²) >= 11 is 68.7. The normalized spacial score (nSPS) is 12.2. The van der Waals surface area contributed by atoms with E-state index < -0.39 is 99.6 Å². The summed E-state index contributed by atoms with van der Waals surface area (Å²) in [6.07, 6.45) is -3.77. The van der Waals surface area contributed by atoms with Crippen LogP contribution >= 0.6 is 139 Å². The van der Waals surface area contributed by atoms with Crippen molar-refractivity contribution in [2.75, 3.05) is 6.26 Å². The predicted octanol–water partition coefficient (Wildman–Crippen LogP) is 21.2. The highest BCUT2D eigenvalue weighted by molar-refractivity contribution is 7.86. The predicted molar refractivity (Wildman–Crippen MR) is 355 cm³/mol. The number of hydrogen-bond acceptors (Lipinski definition) is 12. The van der Waals surface area contributed by atoms with E-state index in [1.807, 2.05) is 0 Å². The number of benzene rings is 6. The first kappa shape index (κ1) is 93.1. The van der Waals surface area contributed by atoms with Crippen molar-refractivity contribution < 1.29 is 77.8 Å². The molecule has 0 aliphatic heterocycles. The molecule has 11 nitrogen and oxygen atoms in total. The summed E-state index contributed by atoms with van der Waals surface area (Å²) < 4.78 is 119. The van der Waals surface area contributed by atoms with Gasteiger partial charge in [-0.1, -0.05) is 147 Å². The lowest BCUT2D eigenvalue weighted by atomic mass is 10.1. The smallest absolute Gasteiger partial charge is 0.303 e. The van der Waals surface area contributed by atoms with Gasteiger partial charge in [0.05, 0.1) is 48.6 Å². The second-order valence-electron chi connectivity index (χ2n) is 17.1. The zero-order chi connectivity index (χ0) is 65.9. The molecule has 0 spiro atoms. The Bertz CT molecular complexity index is 3200. The minimum atomic E-state index is -3.66. The summed E-state index contributed by atoms with van der Waals surface area (Å²) in [7, 11) is -3.66. The molecule has 1 unspecified atom stereocenters. The van der Waals surface area contributed by atoms with Crippen molar-refractivity contribution in [3.8, 4) is 0 Å². The van der Waals surface area contributed by atoms with Crippen molar-refractivity contribution in [2.24, 2.45) is 0 Å². The number of thiol groups is 1. The summed E-state index contributed by atoms with van der Waals surface area (Å²) in [4.78, 5) is 32.2. The Morgan fingerprint density at radius 1 is 0.371 bits per heavy atom. The highest BCUT2D eigenvalue weighted by Crippen LogP contribution is 2.39. The Morgan fingerprint density at radius 2 is 0.528 bits per heavy atom. The molecule has 6 aromatic rings. The zero-order valence-electron chi connectivity index (χ0n) is 46.9. The third kappa shape index (κ3) is 30.3. The van der Waals surface area contributed by atoms with Crippen LogP contribution in [0.5, 0.6) is 0 Å². The van der Waals surface area contributed by atoms with Crippen LogP contribution in [0.2, 0.25) is 60.3 Å². The van der Waals surface area contributed by atoms with Crippen molar-refractivity contribution in [3.63, 3.8) is 0 Å². The molecule has 89 heavy (non-hydrogen) atoms. The summed E-state index contributed by atoms with van der Waals surface area (Å²) in [5.41, 5.74) is 1.45. The number of aliphatic hydroxyl groups is 2. The van der Waals surface area contributed by atoms with E-state index in [1.54, 1.807) is 20.8 Å². The minimum absolute atomic E-state index is 0.